The molecule has 0 radical (unpaired) electrons. The summed E-state index contributed by atoms with van der Waals surface area (Å²) in [5, 5.41) is 24.2. The molecule has 3 heterocycles. The van der Waals surface area contributed by atoms with E-state index in [1.54, 1.807) is 29.7 Å². The number of aryl methyl sites for hydroxylation is 1. The summed E-state index contributed by atoms with van der Waals surface area (Å²) in [5.41, 5.74) is 1.44. The van der Waals surface area contributed by atoms with Crippen molar-refractivity contribution < 1.29 is 24.6 Å². The number of amides is 1. The molecule has 10 nitrogen and oxygen atoms in total. The lowest BCUT2D eigenvalue weighted by Crippen LogP contribution is -2.44. The minimum absolute atomic E-state index is 0.0969. The molecule has 0 spiro atoms. The Kier molecular flexibility index (Phi) is 8.32. The Morgan fingerprint density at radius 2 is 1.83 bits per heavy atom. The smallest absolute Gasteiger partial charge is 0.375 e. The monoisotopic (exact) mass is 519 g/mol. The van der Waals surface area contributed by atoms with E-state index in [2.05, 4.69) is 15.1 Å². The number of nitrogens with zero attached hydrogens (tertiary/aromatic N) is 5. The topological polar surface area (TPSA) is 138 Å². The third kappa shape index (κ3) is 5.97. The fraction of sp³-hybridized carbons (Fsp3) is 0.565. The van der Waals surface area contributed by atoms with E-state index >= 15 is 0 Å². The van der Waals surface area contributed by atoms with Gasteiger partial charge in [-0.3, -0.25) is 4.79 Å². The predicted octanol–water partition coefficient (Wildman–Crippen LogP) is 3.64. The summed E-state index contributed by atoms with van der Waals surface area (Å²) in [6.45, 7) is 1.78. The molecule has 0 saturated heterocycles. The summed E-state index contributed by atoms with van der Waals surface area (Å²) in [6.07, 6.45) is 7.35. The van der Waals surface area contributed by atoms with Gasteiger partial charge in [0.05, 0.1) is 0 Å². The summed E-state index contributed by atoms with van der Waals surface area (Å²) in [7, 11) is 0. The second-order valence-corrected chi connectivity index (χ2v) is 10.9. The van der Waals surface area contributed by atoms with Crippen molar-refractivity contribution in [2.45, 2.75) is 69.4 Å². The van der Waals surface area contributed by atoms with Gasteiger partial charge in [-0.25, -0.2) is 14.6 Å². The number of aliphatic carboxylic acids is 1. The van der Waals surface area contributed by atoms with Gasteiger partial charge in [0, 0.05) is 35.4 Å². The van der Waals surface area contributed by atoms with E-state index in [0.29, 0.717) is 40.0 Å². The molecule has 188 valence electrons. The van der Waals surface area contributed by atoms with Gasteiger partial charge in [-0.1, -0.05) is 32.1 Å². The average molecular weight is 520 g/mol. The molecule has 0 aromatic carbocycles. The van der Waals surface area contributed by atoms with Gasteiger partial charge >= 0.3 is 11.9 Å². The zero-order valence-corrected chi connectivity index (χ0v) is 21.2. The molecular formula is C23H29N5O5S2. The average Bonchev–Trinajstić information content (AvgIpc) is 3.20. The van der Waals surface area contributed by atoms with Gasteiger partial charge in [0.25, 0.3) is 11.6 Å². The minimum Gasteiger partial charge on any atom is -0.477 e. The SMILES string of the molecule is Cc1cc(SC/C2=C(\C(=O)O)N(C3CCCCCCC3)C(=O)CCSC2)n2nc(C(=O)O)nc2n1. The van der Waals surface area contributed by atoms with E-state index in [4.69, 9.17) is 0 Å². The van der Waals surface area contributed by atoms with Crippen molar-refractivity contribution in [3.8, 4) is 0 Å². The Morgan fingerprint density at radius 3 is 2.51 bits per heavy atom. The second kappa shape index (κ2) is 11.4. The van der Waals surface area contributed by atoms with Crippen LogP contribution in [0.3, 0.4) is 0 Å². The molecule has 1 aliphatic carbocycles. The highest BCUT2D eigenvalue weighted by atomic mass is 32.2. The molecule has 12 heteroatoms. The van der Waals surface area contributed by atoms with Crippen LogP contribution in [0.25, 0.3) is 5.78 Å². The van der Waals surface area contributed by atoms with Crippen LogP contribution >= 0.6 is 23.5 Å². The number of aromatic carboxylic acids is 1. The number of carbonyl (C=O) groups is 3. The van der Waals surface area contributed by atoms with Crippen LogP contribution in [0.1, 0.15) is 67.7 Å². The van der Waals surface area contributed by atoms with Crippen LogP contribution in [0.4, 0.5) is 0 Å². The number of carboxylic acids is 2. The van der Waals surface area contributed by atoms with Crippen molar-refractivity contribution in [3.63, 3.8) is 0 Å². The molecule has 2 N–H and O–H groups in total. The van der Waals surface area contributed by atoms with Gasteiger partial charge in [0.15, 0.2) is 0 Å². The van der Waals surface area contributed by atoms with E-state index < -0.39 is 11.9 Å². The van der Waals surface area contributed by atoms with Crippen molar-refractivity contribution in [1.29, 1.82) is 0 Å². The molecule has 0 atom stereocenters. The van der Waals surface area contributed by atoms with Crippen LogP contribution in [0.2, 0.25) is 0 Å². The highest BCUT2D eigenvalue weighted by Gasteiger charge is 2.34. The first-order valence-corrected chi connectivity index (χ1v) is 13.9. The molecular weight excluding hydrogens is 490 g/mol. The molecule has 2 aliphatic rings. The quantitative estimate of drug-likeness (QED) is 0.430. The van der Waals surface area contributed by atoms with Crippen LogP contribution in [0.15, 0.2) is 22.4 Å². The maximum Gasteiger partial charge on any atom is 0.375 e. The maximum atomic E-state index is 13.2. The van der Waals surface area contributed by atoms with Gasteiger partial charge in [-0.05, 0) is 31.4 Å². The lowest BCUT2D eigenvalue weighted by molar-refractivity contribution is -0.141. The number of thioether (sulfide) groups is 2. The summed E-state index contributed by atoms with van der Waals surface area (Å²) < 4.78 is 1.37. The van der Waals surface area contributed by atoms with Crippen LogP contribution in [0, 0.1) is 6.92 Å². The number of rotatable bonds is 6. The lowest BCUT2D eigenvalue weighted by Gasteiger charge is -2.35. The molecule has 1 aliphatic heterocycles. The molecule has 2 aromatic rings. The van der Waals surface area contributed by atoms with Gasteiger partial charge in [-0.15, -0.1) is 16.9 Å². The first kappa shape index (κ1) is 25.5. The van der Waals surface area contributed by atoms with Crippen molar-refractivity contribution in [2.24, 2.45) is 0 Å². The Labute approximate surface area is 211 Å². The summed E-state index contributed by atoms with van der Waals surface area (Å²) in [6, 6.07) is 1.67. The second-order valence-electron chi connectivity index (χ2n) is 8.80. The van der Waals surface area contributed by atoms with Gasteiger partial charge in [-0.2, -0.15) is 21.3 Å². The minimum atomic E-state index is -1.25. The van der Waals surface area contributed by atoms with E-state index in [1.165, 1.54) is 22.7 Å². The summed E-state index contributed by atoms with van der Waals surface area (Å²) in [4.78, 5) is 46.9. The zero-order valence-electron chi connectivity index (χ0n) is 19.6. The maximum absolute atomic E-state index is 13.2. The molecule has 1 saturated carbocycles. The largest absolute Gasteiger partial charge is 0.477 e. The molecule has 1 amide bonds. The first-order valence-electron chi connectivity index (χ1n) is 11.8. The number of fused-ring (bicyclic) bond motifs is 1. The van der Waals surface area contributed by atoms with E-state index in [0.717, 1.165) is 38.5 Å². The molecule has 2 aromatic heterocycles. The molecule has 1 fully saturated rings. The van der Waals surface area contributed by atoms with Gasteiger partial charge < -0.3 is 15.1 Å². The van der Waals surface area contributed by atoms with E-state index in [9.17, 15) is 24.6 Å². The standard InChI is InChI=1S/C23H29N5O5S2/c1-14-11-18(28-23(24-14)25-20(26-28)22(32)33)35-13-15-12-34-10-9-17(29)27(19(15)21(30)31)16-7-5-3-2-4-6-8-16/h11,16H,2-10,12-13H2,1H3,(H,30,31)(H,32,33)/b19-15+. The number of hydrogen-bond acceptors (Lipinski definition) is 8. The Bertz CT molecular complexity index is 1160. The van der Waals surface area contributed by atoms with Crippen LogP contribution in [-0.4, -0.2) is 75.8 Å². The predicted molar refractivity (Wildman–Crippen MR) is 133 cm³/mol. The number of carbonyl (C=O) groups excluding carboxylic acids is 1. The first-order chi connectivity index (χ1) is 16.8. The van der Waals surface area contributed by atoms with Gasteiger partial charge in [0.2, 0.25) is 5.91 Å². The molecule has 35 heavy (non-hydrogen) atoms. The summed E-state index contributed by atoms with van der Waals surface area (Å²) in [5.74, 6) is -1.14. The van der Waals surface area contributed by atoms with Crippen molar-refractivity contribution in [1.82, 2.24) is 24.5 Å². The van der Waals surface area contributed by atoms with Crippen LogP contribution < -0.4 is 0 Å². The van der Waals surface area contributed by atoms with Gasteiger partial charge in [0.1, 0.15) is 10.7 Å². The van der Waals surface area contributed by atoms with E-state index in [1.807, 2.05) is 0 Å². The Hall–Kier alpha value is -2.60. The van der Waals surface area contributed by atoms with Crippen LogP contribution in [0.5, 0.6) is 0 Å². The van der Waals surface area contributed by atoms with E-state index in [-0.39, 0.29) is 29.2 Å². The van der Waals surface area contributed by atoms with Crippen molar-refractivity contribution >= 4 is 47.1 Å². The van der Waals surface area contributed by atoms with Crippen molar-refractivity contribution in [2.75, 3.05) is 17.3 Å². The van der Waals surface area contributed by atoms with Crippen molar-refractivity contribution in [3.05, 3.63) is 28.9 Å². The third-order valence-corrected chi connectivity index (χ3v) is 8.34. The molecule has 0 bridgehead atoms. The highest BCUT2D eigenvalue weighted by molar-refractivity contribution is 8.00. The normalized spacial score (nSPS) is 20.8. The molecule has 0 unspecified atom stereocenters. The lowest BCUT2D eigenvalue weighted by atomic mass is 9.94. The number of hydrogen-bond donors (Lipinski definition) is 2. The van der Waals surface area contributed by atoms with Crippen LogP contribution in [-0.2, 0) is 9.59 Å². The molecule has 4 rings (SSSR count). The summed E-state index contributed by atoms with van der Waals surface area (Å²) >= 11 is 2.91. The Morgan fingerprint density at radius 1 is 1.11 bits per heavy atom. The highest BCUT2D eigenvalue weighted by Crippen LogP contribution is 2.32. The number of aromatic nitrogens is 4. The number of carboxylic acid groups (broad SMARTS) is 2. The Balaban J connectivity index is 1.69. The fourth-order valence-electron chi connectivity index (χ4n) is 4.59. The third-order valence-electron chi connectivity index (χ3n) is 6.22. The zero-order chi connectivity index (χ0) is 24.9. The fourth-order valence-corrected chi connectivity index (χ4v) is 6.73.